The van der Waals surface area contributed by atoms with Crippen molar-refractivity contribution in [3.8, 4) is 12.3 Å². The van der Waals surface area contributed by atoms with E-state index in [0.717, 1.165) is 0 Å². The zero-order valence-electron chi connectivity index (χ0n) is 8.90. The van der Waals surface area contributed by atoms with Gasteiger partial charge in [-0.1, -0.05) is 5.92 Å². The van der Waals surface area contributed by atoms with Crippen LogP contribution in [0.25, 0.3) is 0 Å². The van der Waals surface area contributed by atoms with Crippen molar-refractivity contribution < 1.29 is 4.79 Å². The zero-order valence-corrected chi connectivity index (χ0v) is 8.90. The van der Waals surface area contributed by atoms with Gasteiger partial charge >= 0.3 is 0 Å². The number of terminal acetylenes is 1. The van der Waals surface area contributed by atoms with Crippen molar-refractivity contribution in [2.75, 3.05) is 18.8 Å². The second-order valence-corrected chi connectivity index (χ2v) is 3.09. The highest BCUT2D eigenvalue weighted by molar-refractivity contribution is 5.98. The summed E-state index contributed by atoms with van der Waals surface area (Å²) in [6.45, 7) is 2.70. The summed E-state index contributed by atoms with van der Waals surface area (Å²) in [4.78, 5) is 13.4. The maximum absolute atomic E-state index is 11.9. The minimum atomic E-state index is -0.180. The normalized spacial score (nSPS) is 9.67. The fourth-order valence-corrected chi connectivity index (χ4v) is 1.22. The first kappa shape index (κ1) is 11.1. The van der Waals surface area contributed by atoms with Gasteiger partial charge in [0.25, 0.3) is 5.91 Å². The zero-order chi connectivity index (χ0) is 11.4. The van der Waals surface area contributed by atoms with Gasteiger partial charge in [-0.15, -0.1) is 6.42 Å². The minimum Gasteiger partial charge on any atom is -0.383 e. The SMILES string of the molecule is C#CCN(CC)C(=O)c1cnn(C)c1N. The third-order valence-corrected chi connectivity index (χ3v) is 2.17. The first-order valence-corrected chi connectivity index (χ1v) is 4.62. The highest BCUT2D eigenvalue weighted by Gasteiger charge is 2.18. The van der Waals surface area contributed by atoms with Crippen LogP contribution in [-0.4, -0.2) is 33.7 Å². The lowest BCUT2D eigenvalue weighted by Crippen LogP contribution is -2.31. The number of nitrogens with two attached hydrogens (primary N) is 1. The molecule has 15 heavy (non-hydrogen) atoms. The summed E-state index contributed by atoms with van der Waals surface area (Å²) in [5.41, 5.74) is 6.09. The average molecular weight is 206 g/mol. The van der Waals surface area contributed by atoms with Crippen molar-refractivity contribution in [3.63, 3.8) is 0 Å². The van der Waals surface area contributed by atoms with E-state index < -0.39 is 0 Å². The molecule has 2 N–H and O–H groups in total. The standard InChI is InChI=1S/C10H14N4O/c1-4-6-14(5-2)10(15)8-7-12-13(3)9(8)11/h1,7H,5-6,11H2,2-3H3. The number of aryl methyl sites for hydroxylation is 1. The Labute approximate surface area is 88.9 Å². The smallest absolute Gasteiger partial charge is 0.260 e. The summed E-state index contributed by atoms with van der Waals surface area (Å²) >= 11 is 0. The summed E-state index contributed by atoms with van der Waals surface area (Å²) in [6.07, 6.45) is 6.62. The number of amides is 1. The Morgan fingerprint density at radius 3 is 2.87 bits per heavy atom. The Morgan fingerprint density at radius 2 is 2.47 bits per heavy atom. The maximum atomic E-state index is 11.9. The van der Waals surface area contributed by atoms with Gasteiger partial charge in [0.05, 0.1) is 12.7 Å². The van der Waals surface area contributed by atoms with E-state index in [1.807, 2.05) is 6.92 Å². The van der Waals surface area contributed by atoms with E-state index >= 15 is 0 Å². The van der Waals surface area contributed by atoms with E-state index in [2.05, 4.69) is 11.0 Å². The van der Waals surface area contributed by atoms with Gasteiger partial charge in [-0.25, -0.2) is 0 Å². The van der Waals surface area contributed by atoms with Gasteiger partial charge in [-0.05, 0) is 6.92 Å². The predicted molar refractivity (Wildman–Crippen MR) is 58.0 cm³/mol. The summed E-state index contributed by atoms with van der Waals surface area (Å²) in [6, 6.07) is 0. The van der Waals surface area contributed by atoms with Gasteiger partial charge in [0.2, 0.25) is 0 Å². The van der Waals surface area contributed by atoms with Crippen LogP contribution < -0.4 is 5.73 Å². The molecular formula is C10H14N4O. The molecule has 0 aliphatic rings. The molecule has 0 saturated carbocycles. The molecule has 0 unspecified atom stereocenters. The van der Waals surface area contributed by atoms with Crippen LogP contribution in [0.15, 0.2) is 6.20 Å². The largest absolute Gasteiger partial charge is 0.383 e. The number of hydrogen-bond donors (Lipinski definition) is 1. The quantitative estimate of drug-likeness (QED) is 0.713. The molecule has 1 amide bonds. The van der Waals surface area contributed by atoms with Gasteiger partial charge in [-0.3, -0.25) is 9.48 Å². The number of nitrogens with zero attached hydrogens (tertiary/aromatic N) is 3. The van der Waals surface area contributed by atoms with E-state index in [4.69, 9.17) is 12.2 Å². The number of anilines is 1. The molecule has 5 heteroatoms. The molecule has 0 aromatic carbocycles. The molecule has 80 valence electrons. The van der Waals surface area contributed by atoms with Crippen LogP contribution in [0.3, 0.4) is 0 Å². The molecule has 0 fully saturated rings. The van der Waals surface area contributed by atoms with Crippen molar-refractivity contribution in [1.29, 1.82) is 0 Å². The van der Waals surface area contributed by atoms with Crippen LogP contribution in [0, 0.1) is 12.3 Å². The van der Waals surface area contributed by atoms with Crippen molar-refractivity contribution in [3.05, 3.63) is 11.8 Å². The van der Waals surface area contributed by atoms with Crippen molar-refractivity contribution in [1.82, 2.24) is 14.7 Å². The van der Waals surface area contributed by atoms with Crippen LogP contribution in [-0.2, 0) is 7.05 Å². The summed E-state index contributed by atoms with van der Waals surface area (Å²) in [7, 11) is 1.68. The van der Waals surface area contributed by atoms with Crippen LogP contribution in [0.5, 0.6) is 0 Å². The molecule has 0 aliphatic heterocycles. The van der Waals surface area contributed by atoms with E-state index in [1.54, 1.807) is 7.05 Å². The second-order valence-electron chi connectivity index (χ2n) is 3.09. The lowest BCUT2D eigenvalue weighted by atomic mass is 10.3. The average Bonchev–Trinajstić information content (AvgIpc) is 2.55. The van der Waals surface area contributed by atoms with E-state index in [1.165, 1.54) is 15.8 Å². The topological polar surface area (TPSA) is 64.2 Å². The van der Waals surface area contributed by atoms with E-state index in [-0.39, 0.29) is 12.5 Å². The molecule has 0 bridgehead atoms. The number of rotatable bonds is 3. The first-order valence-electron chi connectivity index (χ1n) is 4.62. The molecule has 5 nitrogen and oxygen atoms in total. The van der Waals surface area contributed by atoms with Crippen LogP contribution in [0.1, 0.15) is 17.3 Å². The Hall–Kier alpha value is -1.96. The third-order valence-electron chi connectivity index (χ3n) is 2.17. The number of carbonyl (C=O) groups is 1. The summed E-state index contributed by atoms with van der Waals surface area (Å²) in [5, 5.41) is 3.91. The maximum Gasteiger partial charge on any atom is 0.260 e. The number of hydrogen-bond acceptors (Lipinski definition) is 3. The molecule has 1 aromatic rings. The number of nitrogen functional groups attached to an aromatic ring is 1. The van der Waals surface area contributed by atoms with E-state index in [9.17, 15) is 4.79 Å². The molecule has 0 radical (unpaired) electrons. The molecule has 0 atom stereocenters. The molecule has 0 saturated heterocycles. The Bertz CT molecular complexity index is 402. The molecule has 1 aromatic heterocycles. The van der Waals surface area contributed by atoms with Crippen LogP contribution in [0.2, 0.25) is 0 Å². The van der Waals surface area contributed by atoms with Gasteiger partial charge in [0, 0.05) is 13.6 Å². The fraction of sp³-hybridized carbons (Fsp3) is 0.400. The number of carbonyl (C=O) groups excluding carboxylic acids is 1. The summed E-state index contributed by atoms with van der Waals surface area (Å²) in [5.74, 6) is 2.61. The molecule has 1 rings (SSSR count). The number of aromatic nitrogens is 2. The Kier molecular flexibility index (Phi) is 3.34. The second kappa shape index (κ2) is 4.51. The van der Waals surface area contributed by atoms with Gasteiger partial charge in [0.15, 0.2) is 0 Å². The lowest BCUT2D eigenvalue weighted by Gasteiger charge is -2.17. The predicted octanol–water partition coefficient (Wildman–Crippen LogP) is 0.0976. The minimum absolute atomic E-state index is 0.180. The van der Waals surface area contributed by atoms with Gasteiger partial charge < -0.3 is 10.6 Å². The van der Waals surface area contributed by atoms with Crippen LogP contribution >= 0.6 is 0 Å². The van der Waals surface area contributed by atoms with E-state index in [0.29, 0.717) is 17.9 Å². The van der Waals surface area contributed by atoms with Gasteiger partial charge in [-0.2, -0.15) is 5.10 Å². The molecule has 0 spiro atoms. The fourth-order valence-electron chi connectivity index (χ4n) is 1.22. The monoisotopic (exact) mass is 206 g/mol. The molecular weight excluding hydrogens is 192 g/mol. The molecule has 0 aliphatic carbocycles. The van der Waals surface area contributed by atoms with Crippen molar-refractivity contribution in [2.45, 2.75) is 6.92 Å². The highest BCUT2D eigenvalue weighted by Crippen LogP contribution is 2.12. The Balaban J connectivity index is 2.93. The Morgan fingerprint density at radius 1 is 1.80 bits per heavy atom. The van der Waals surface area contributed by atoms with Gasteiger partial charge in [0.1, 0.15) is 11.4 Å². The highest BCUT2D eigenvalue weighted by atomic mass is 16.2. The third kappa shape index (κ3) is 2.10. The lowest BCUT2D eigenvalue weighted by molar-refractivity contribution is 0.0786. The molecule has 1 heterocycles. The van der Waals surface area contributed by atoms with Crippen molar-refractivity contribution in [2.24, 2.45) is 7.05 Å². The summed E-state index contributed by atoms with van der Waals surface area (Å²) < 4.78 is 1.46. The first-order chi connectivity index (χ1) is 7.11. The van der Waals surface area contributed by atoms with Crippen LogP contribution in [0.4, 0.5) is 5.82 Å². The van der Waals surface area contributed by atoms with Crippen molar-refractivity contribution >= 4 is 11.7 Å².